The van der Waals surface area contributed by atoms with Crippen LogP contribution in [0.3, 0.4) is 0 Å². The number of hydrogen-bond donors (Lipinski definition) is 0. The van der Waals surface area contributed by atoms with E-state index in [0.29, 0.717) is 10.6 Å². The van der Waals surface area contributed by atoms with Crippen molar-refractivity contribution in [3.8, 4) is 6.07 Å². The van der Waals surface area contributed by atoms with Crippen LogP contribution in [-0.2, 0) is 14.6 Å². The Kier molecular flexibility index (Phi) is 4.58. The molecule has 1 fully saturated rings. The van der Waals surface area contributed by atoms with Crippen LogP contribution in [0, 0.1) is 22.6 Å². The monoisotopic (exact) mass is 379 g/mol. The molecule has 0 N–H and O–H groups in total. The first-order valence-corrected chi connectivity index (χ1v) is 9.44. The number of nitriles is 1. The Morgan fingerprint density at radius 3 is 2.52 bits per heavy atom. The summed E-state index contributed by atoms with van der Waals surface area (Å²) >= 11 is 5.82. The van der Waals surface area contributed by atoms with Crippen molar-refractivity contribution in [2.75, 3.05) is 13.7 Å². The van der Waals surface area contributed by atoms with Crippen molar-refractivity contribution in [3.63, 3.8) is 0 Å². The van der Waals surface area contributed by atoms with E-state index in [4.69, 9.17) is 16.3 Å². The molecular formula is C18H15ClFNO3S. The molecule has 130 valence electrons. The van der Waals surface area contributed by atoms with Crippen molar-refractivity contribution in [2.45, 2.75) is 16.1 Å². The van der Waals surface area contributed by atoms with Gasteiger partial charge < -0.3 is 4.74 Å². The fraction of sp³-hybridized carbons (Fsp3) is 0.278. The molecule has 1 aliphatic carbocycles. The van der Waals surface area contributed by atoms with E-state index in [0.717, 1.165) is 0 Å². The van der Waals surface area contributed by atoms with Crippen LogP contribution in [0.4, 0.5) is 4.39 Å². The number of hydrogen-bond acceptors (Lipinski definition) is 4. The number of sulfone groups is 1. The average molecular weight is 380 g/mol. The summed E-state index contributed by atoms with van der Waals surface area (Å²) in [5.74, 6) is -1.13. The summed E-state index contributed by atoms with van der Waals surface area (Å²) in [6.07, 6.45) is 0. The highest BCUT2D eigenvalue weighted by atomic mass is 35.5. The molecule has 0 spiro atoms. The third-order valence-corrected chi connectivity index (χ3v) is 7.07. The highest BCUT2D eigenvalue weighted by Gasteiger charge is 2.72. The van der Waals surface area contributed by atoms with E-state index in [1.165, 1.54) is 49.6 Å². The Bertz CT molecular complexity index is 940. The molecule has 1 aliphatic rings. The number of benzene rings is 2. The van der Waals surface area contributed by atoms with Crippen LogP contribution >= 0.6 is 11.6 Å². The molecule has 0 amide bonds. The standard InChI is InChI=1S/C18H15ClFNO3S/c1-24-11-18(10-21)16(12-3-2-4-14(20)9-12)17(18)25(22,23)15-7-5-13(19)6-8-15/h2-9,16-17H,11H2,1H3/t16-,17+,18+/m1/s1. The molecule has 4 nitrogen and oxygen atoms in total. The van der Waals surface area contributed by atoms with E-state index in [-0.39, 0.29) is 11.5 Å². The highest BCUT2D eigenvalue weighted by molar-refractivity contribution is 7.92. The lowest BCUT2D eigenvalue weighted by Gasteiger charge is -2.08. The Hall–Kier alpha value is -1.94. The molecule has 25 heavy (non-hydrogen) atoms. The number of methoxy groups -OCH3 is 1. The molecule has 0 radical (unpaired) electrons. The summed E-state index contributed by atoms with van der Waals surface area (Å²) in [5, 5.41) is 9.11. The van der Waals surface area contributed by atoms with Crippen LogP contribution < -0.4 is 0 Å². The van der Waals surface area contributed by atoms with Gasteiger partial charge in [0.25, 0.3) is 0 Å². The molecule has 3 rings (SSSR count). The summed E-state index contributed by atoms with van der Waals surface area (Å²) in [7, 11) is -2.41. The second-order valence-electron chi connectivity index (χ2n) is 6.04. The average Bonchev–Trinajstić information content (AvgIpc) is 3.26. The SMILES string of the molecule is COC[C@@]1(C#N)[C@H](c2cccc(F)c2)[C@@H]1S(=O)(=O)c1ccc(Cl)cc1. The van der Waals surface area contributed by atoms with Crippen molar-refractivity contribution in [2.24, 2.45) is 5.41 Å². The third kappa shape index (κ3) is 2.93. The Morgan fingerprint density at radius 2 is 1.96 bits per heavy atom. The predicted molar refractivity (Wildman–Crippen MR) is 91.5 cm³/mol. The quantitative estimate of drug-likeness (QED) is 0.796. The van der Waals surface area contributed by atoms with Crippen molar-refractivity contribution >= 4 is 21.4 Å². The number of rotatable bonds is 5. The van der Waals surface area contributed by atoms with Crippen molar-refractivity contribution < 1.29 is 17.5 Å². The van der Waals surface area contributed by atoms with Crippen molar-refractivity contribution in [3.05, 3.63) is 64.9 Å². The number of ether oxygens (including phenoxy) is 1. The molecule has 7 heteroatoms. The lowest BCUT2D eigenvalue weighted by Crippen LogP contribution is -2.19. The molecule has 0 bridgehead atoms. The number of nitrogens with zero attached hydrogens (tertiary/aromatic N) is 1. The maximum atomic E-state index is 13.6. The fourth-order valence-corrected chi connectivity index (χ4v) is 5.82. The van der Waals surface area contributed by atoms with Gasteiger partial charge in [-0.3, -0.25) is 0 Å². The largest absolute Gasteiger partial charge is 0.383 e. The molecule has 0 saturated heterocycles. The van der Waals surface area contributed by atoms with Crippen molar-refractivity contribution in [1.82, 2.24) is 0 Å². The Morgan fingerprint density at radius 1 is 1.28 bits per heavy atom. The van der Waals surface area contributed by atoms with Gasteiger partial charge in [0.05, 0.1) is 22.8 Å². The van der Waals surface area contributed by atoms with Gasteiger partial charge >= 0.3 is 0 Å². The minimum absolute atomic E-state index is 0.0534. The molecule has 3 atom stereocenters. The van der Waals surface area contributed by atoms with Crippen molar-refractivity contribution in [1.29, 1.82) is 5.26 Å². The molecular weight excluding hydrogens is 365 g/mol. The van der Waals surface area contributed by atoms with Crippen LogP contribution in [-0.4, -0.2) is 27.4 Å². The summed E-state index contributed by atoms with van der Waals surface area (Å²) in [6.45, 7) is -0.0534. The summed E-state index contributed by atoms with van der Waals surface area (Å²) < 4.78 is 44.9. The molecule has 1 saturated carbocycles. The Labute approximate surface area is 150 Å². The van der Waals surface area contributed by atoms with E-state index < -0.39 is 32.2 Å². The van der Waals surface area contributed by atoms with E-state index >= 15 is 0 Å². The second kappa shape index (κ2) is 6.41. The zero-order valence-electron chi connectivity index (χ0n) is 13.3. The third-order valence-electron chi connectivity index (χ3n) is 4.53. The van der Waals surface area contributed by atoms with Crippen LogP contribution in [0.5, 0.6) is 0 Å². The van der Waals surface area contributed by atoms with E-state index in [1.54, 1.807) is 6.07 Å². The smallest absolute Gasteiger partial charge is 0.183 e. The van der Waals surface area contributed by atoms with Gasteiger partial charge in [-0.1, -0.05) is 23.7 Å². The zero-order chi connectivity index (χ0) is 18.2. The maximum Gasteiger partial charge on any atom is 0.183 e. The predicted octanol–water partition coefficient (Wildman–Crippen LogP) is 3.58. The normalized spacial score (nSPS) is 25.4. The molecule has 0 unspecified atom stereocenters. The molecule has 0 heterocycles. The van der Waals surface area contributed by atoms with Crippen LogP contribution in [0.25, 0.3) is 0 Å². The number of halogens is 2. The first kappa shape index (κ1) is 17.9. The van der Waals surface area contributed by atoms with E-state index in [1.807, 2.05) is 0 Å². The van der Waals surface area contributed by atoms with Gasteiger partial charge in [0.15, 0.2) is 9.84 Å². The summed E-state index contributed by atoms with van der Waals surface area (Å²) in [5.41, 5.74) is -0.776. The second-order valence-corrected chi connectivity index (χ2v) is 8.54. The van der Waals surface area contributed by atoms with Crippen LogP contribution in [0.15, 0.2) is 53.4 Å². The van der Waals surface area contributed by atoms with Gasteiger partial charge in [-0.25, -0.2) is 12.8 Å². The first-order chi connectivity index (χ1) is 11.9. The maximum absolute atomic E-state index is 13.6. The lowest BCUT2D eigenvalue weighted by atomic mass is 10.0. The highest BCUT2D eigenvalue weighted by Crippen LogP contribution is 2.63. The van der Waals surface area contributed by atoms with Crippen LogP contribution in [0.2, 0.25) is 5.02 Å². The molecule has 0 aliphatic heterocycles. The zero-order valence-corrected chi connectivity index (χ0v) is 14.9. The van der Waals surface area contributed by atoms with E-state index in [9.17, 15) is 18.1 Å². The minimum Gasteiger partial charge on any atom is -0.383 e. The minimum atomic E-state index is -3.82. The Balaban J connectivity index is 2.09. The van der Waals surface area contributed by atoms with Crippen LogP contribution in [0.1, 0.15) is 11.5 Å². The van der Waals surface area contributed by atoms with Gasteiger partial charge in [-0.15, -0.1) is 0 Å². The lowest BCUT2D eigenvalue weighted by molar-refractivity contribution is 0.162. The van der Waals surface area contributed by atoms with Gasteiger partial charge in [-0.05, 0) is 42.0 Å². The van der Waals surface area contributed by atoms with Gasteiger partial charge in [0, 0.05) is 18.1 Å². The first-order valence-electron chi connectivity index (χ1n) is 7.52. The molecule has 2 aromatic rings. The van der Waals surface area contributed by atoms with Gasteiger partial charge in [0.2, 0.25) is 0 Å². The molecule has 0 aromatic heterocycles. The van der Waals surface area contributed by atoms with E-state index in [2.05, 4.69) is 6.07 Å². The molecule has 2 aromatic carbocycles. The summed E-state index contributed by atoms with van der Waals surface area (Å²) in [6, 6.07) is 13.6. The fourth-order valence-electron chi connectivity index (χ4n) is 3.38. The summed E-state index contributed by atoms with van der Waals surface area (Å²) in [4.78, 5) is 0.0801. The van der Waals surface area contributed by atoms with Gasteiger partial charge in [0.1, 0.15) is 11.2 Å². The topological polar surface area (TPSA) is 67.2 Å². The van der Waals surface area contributed by atoms with Gasteiger partial charge in [-0.2, -0.15) is 5.26 Å².